The van der Waals surface area contributed by atoms with E-state index in [0.29, 0.717) is 12.5 Å². The van der Waals surface area contributed by atoms with Crippen LogP contribution in [0.1, 0.15) is 58.3 Å². The van der Waals surface area contributed by atoms with Crippen molar-refractivity contribution in [3.8, 4) is 0 Å². The largest absolute Gasteiger partial charge is 0.392 e. The Morgan fingerprint density at radius 3 is 2.50 bits per heavy atom. The Morgan fingerprint density at radius 1 is 1.31 bits per heavy atom. The van der Waals surface area contributed by atoms with E-state index >= 15 is 0 Å². The van der Waals surface area contributed by atoms with Gasteiger partial charge in [0.2, 0.25) is 0 Å². The molecule has 3 N–H and O–H groups in total. The lowest BCUT2D eigenvalue weighted by Gasteiger charge is -2.37. The fourth-order valence-corrected chi connectivity index (χ4v) is 3.97. The summed E-state index contributed by atoms with van der Waals surface area (Å²) in [6.07, 6.45) is 9.77. The molecule has 3 atom stereocenters. The van der Waals surface area contributed by atoms with Gasteiger partial charge in [0.1, 0.15) is 0 Å². The van der Waals surface area contributed by atoms with E-state index in [1.165, 1.54) is 38.5 Å². The molecule has 2 saturated carbocycles. The standard InChI is InChI=1S/C14H27NO/c1-2-11-7-8-14(9-11,10-15)13(16)12-5-3-4-6-12/h11-13,16H,2-10,15H2,1H3. The molecule has 0 saturated heterocycles. The molecular formula is C14H27NO. The summed E-state index contributed by atoms with van der Waals surface area (Å²) in [7, 11) is 0. The molecule has 0 amide bonds. The molecule has 0 aromatic rings. The molecular weight excluding hydrogens is 198 g/mol. The molecule has 2 aliphatic carbocycles. The van der Waals surface area contributed by atoms with Crippen molar-refractivity contribution < 1.29 is 5.11 Å². The number of hydrogen-bond acceptors (Lipinski definition) is 2. The normalized spacial score (nSPS) is 38.1. The molecule has 0 heterocycles. The minimum atomic E-state index is -0.128. The maximum absolute atomic E-state index is 10.6. The first-order valence-electron chi connectivity index (χ1n) is 7.10. The molecule has 3 unspecified atom stereocenters. The Morgan fingerprint density at radius 2 is 2.00 bits per heavy atom. The average molecular weight is 225 g/mol. The van der Waals surface area contributed by atoms with E-state index in [2.05, 4.69) is 6.92 Å². The van der Waals surface area contributed by atoms with Crippen molar-refractivity contribution in [1.82, 2.24) is 0 Å². The Kier molecular flexibility index (Phi) is 3.91. The van der Waals surface area contributed by atoms with Crippen LogP contribution in [-0.4, -0.2) is 17.8 Å². The molecule has 0 aromatic heterocycles. The van der Waals surface area contributed by atoms with Crippen molar-refractivity contribution in [2.75, 3.05) is 6.54 Å². The SMILES string of the molecule is CCC1CCC(CN)(C(O)C2CCCC2)C1. The van der Waals surface area contributed by atoms with E-state index in [0.717, 1.165) is 18.8 Å². The molecule has 0 aliphatic heterocycles. The van der Waals surface area contributed by atoms with Crippen molar-refractivity contribution in [1.29, 1.82) is 0 Å². The van der Waals surface area contributed by atoms with Crippen LogP contribution in [0, 0.1) is 17.3 Å². The predicted octanol–water partition coefficient (Wildman–Crippen LogP) is 2.69. The highest BCUT2D eigenvalue weighted by molar-refractivity contribution is 4.97. The zero-order valence-corrected chi connectivity index (χ0v) is 10.6. The van der Waals surface area contributed by atoms with Gasteiger partial charge < -0.3 is 10.8 Å². The van der Waals surface area contributed by atoms with E-state index in [4.69, 9.17) is 5.73 Å². The monoisotopic (exact) mass is 225 g/mol. The molecule has 2 heteroatoms. The molecule has 2 aliphatic rings. The van der Waals surface area contributed by atoms with Crippen LogP contribution in [0.2, 0.25) is 0 Å². The Hall–Kier alpha value is -0.0800. The Bertz CT molecular complexity index is 225. The lowest BCUT2D eigenvalue weighted by Crippen LogP contribution is -2.43. The minimum absolute atomic E-state index is 0.0652. The van der Waals surface area contributed by atoms with Gasteiger partial charge in [0, 0.05) is 12.0 Å². The maximum atomic E-state index is 10.6. The number of aliphatic hydroxyl groups is 1. The van der Waals surface area contributed by atoms with Gasteiger partial charge >= 0.3 is 0 Å². The number of nitrogens with two attached hydrogens (primary N) is 1. The quantitative estimate of drug-likeness (QED) is 0.772. The fraction of sp³-hybridized carbons (Fsp3) is 1.00. The second-order valence-electron chi connectivity index (χ2n) is 6.07. The first-order chi connectivity index (χ1) is 7.72. The van der Waals surface area contributed by atoms with Crippen LogP contribution in [-0.2, 0) is 0 Å². The van der Waals surface area contributed by atoms with Crippen LogP contribution in [0.4, 0.5) is 0 Å². The summed E-state index contributed by atoms with van der Waals surface area (Å²) in [5.41, 5.74) is 6.06. The molecule has 2 fully saturated rings. The average Bonchev–Trinajstić information content (AvgIpc) is 2.98. The van der Waals surface area contributed by atoms with Crippen LogP contribution in [0.3, 0.4) is 0 Å². The molecule has 0 bridgehead atoms. The highest BCUT2D eigenvalue weighted by Gasteiger charge is 2.46. The van der Waals surface area contributed by atoms with Crippen molar-refractivity contribution >= 4 is 0 Å². The lowest BCUT2D eigenvalue weighted by atomic mass is 9.73. The summed E-state index contributed by atoms with van der Waals surface area (Å²) in [6.45, 7) is 2.94. The Balaban J connectivity index is 2.03. The van der Waals surface area contributed by atoms with Gasteiger partial charge in [-0.3, -0.25) is 0 Å². The summed E-state index contributed by atoms with van der Waals surface area (Å²) in [6, 6.07) is 0. The summed E-state index contributed by atoms with van der Waals surface area (Å²) in [5.74, 6) is 1.35. The van der Waals surface area contributed by atoms with Crippen molar-refractivity contribution in [3.05, 3.63) is 0 Å². The third-order valence-corrected chi connectivity index (χ3v) is 5.20. The third-order valence-electron chi connectivity index (χ3n) is 5.20. The number of rotatable bonds is 4. The summed E-state index contributed by atoms with van der Waals surface area (Å²) in [5, 5.41) is 10.6. The molecule has 0 aromatic carbocycles. The zero-order valence-electron chi connectivity index (χ0n) is 10.6. The molecule has 2 rings (SSSR count). The predicted molar refractivity (Wildman–Crippen MR) is 67.1 cm³/mol. The van der Waals surface area contributed by atoms with Gasteiger partial charge in [-0.15, -0.1) is 0 Å². The maximum Gasteiger partial charge on any atom is 0.0636 e. The van der Waals surface area contributed by atoms with Crippen molar-refractivity contribution in [3.63, 3.8) is 0 Å². The summed E-state index contributed by atoms with van der Waals surface area (Å²) >= 11 is 0. The first kappa shape index (κ1) is 12.4. The second kappa shape index (κ2) is 5.05. The van der Waals surface area contributed by atoms with Gasteiger partial charge in [0.05, 0.1) is 6.10 Å². The van der Waals surface area contributed by atoms with Gasteiger partial charge in [-0.2, -0.15) is 0 Å². The Labute approximate surface area is 99.6 Å². The van der Waals surface area contributed by atoms with Crippen LogP contribution in [0.5, 0.6) is 0 Å². The van der Waals surface area contributed by atoms with Gasteiger partial charge in [-0.1, -0.05) is 26.2 Å². The van der Waals surface area contributed by atoms with Crippen LogP contribution in [0.25, 0.3) is 0 Å². The third kappa shape index (κ3) is 2.14. The number of hydrogen-bond donors (Lipinski definition) is 2. The smallest absolute Gasteiger partial charge is 0.0636 e. The van der Waals surface area contributed by atoms with Gasteiger partial charge in [0.25, 0.3) is 0 Å². The van der Waals surface area contributed by atoms with Crippen molar-refractivity contribution in [2.24, 2.45) is 23.0 Å². The molecule has 2 nitrogen and oxygen atoms in total. The first-order valence-corrected chi connectivity index (χ1v) is 7.10. The number of aliphatic hydroxyl groups excluding tert-OH is 1. The zero-order chi connectivity index (χ0) is 11.6. The van der Waals surface area contributed by atoms with Crippen LogP contribution < -0.4 is 5.73 Å². The lowest BCUT2D eigenvalue weighted by molar-refractivity contribution is -0.0119. The van der Waals surface area contributed by atoms with Gasteiger partial charge in [-0.25, -0.2) is 0 Å². The molecule has 0 spiro atoms. The van der Waals surface area contributed by atoms with Crippen LogP contribution >= 0.6 is 0 Å². The van der Waals surface area contributed by atoms with Gasteiger partial charge in [-0.05, 0) is 43.9 Å². The fourth-order valence-electron chi connectivity index (χ4n) is 3.97. The summed E-state index contributed by atoms with van der Waals surface area (Å²) < 4.78 is 0. The molecule has 94 valence electrons. The minimum Gasteiger partial charge on any atom is -0.392 e. The second-order valence-corrected chi connectivity index (χ2v) is 6.07. The van der Waals surface area contributed by atoms with Crippen LogP contribution in [0.15, 0.2) is 0 Å². The van der Waals surface area contributed by atoms with E-state index < -0.39 is 0 Å². The van der Waals surface area contributed by atoms with Gasteiger partial charge in [0.15, 0.2) is 0 Å². The molecule has 16 heavy (non-hydrogen) atoms. The van der Waals surface area contributed by atoms with E-state index in [1.807, 2.05) is 0 Å². The van der Waals surface area contributed by atoms with E-state index in [1.54, 1.807) is 0 Å². The summed E-state index contributed by atoms with van der Waals surface area (Å²) in [4.78, 5) is 0. The van der Waals surface area contributed by atoms with Crippen molar-refractivity contribution in [2.45, 2.75) is 64.4 Å². The highest BCUT2D eigenvalue weighted by Crippen LogP contribution is 2.48. The molecule has 0 radical (unpaired) electrons. The van der Waals surface area contributed by atoms with E-state index in [9.17, 15) is 5.11 Å². The van der Waals surface area contributed by atoms with E-state index in [-0.39, 0.29) is 11.5 Å². The highest BCUT2D eigenvalue weighted by atomic mass is 16.3. The topological polar surface area (TPSA) is 46.2 Å².